The Balaban J connectivity index is 1.55. The Morgan fingerprint density at radius 2 is 2.20 bits per heavy atom. The van der Waals surface area contributed by atoms with Crippen LogP contribution in [0, 0.1) is 5.82 Å². The number of fused-ring (bicyclic) bond motifs is 1. The fourth-order valence-electron chi connectivity index (χ4n) is 4.06. The summed E-state index contributed by atoms with van der Waals surface area (Å²) in [5, 5.41) is 17.5. The number of carbonyl (C=O) groups excluding carboxylic acids is 1. The predicted molar refractivity (Wildman–Crippen MR) is 90.4 cm³/mol. The van der Waals surface area contributed by atoms with Gasteiger partial charge in [-0.1, -0.05) is 12.1 Å². The third kappa shape index (κ3) is 3.18. The number of aliphatic hydroxyl groups is 1. The lowest BCUT2D eigenvalue weighted by Crippen LogP contribution is -2.33. The smallest absolute Gasteiger partial charge is 0.229 e. The van der Waals surface area contributed by atoms with Crippen molar-refractivity contribution in [3.63, 3.8) is 0 Å². The lowest BCUT2D eigenvalue weighted by Gasteiger charge is -2.25. The maximum absolute atomic E-state index is 13.6. The van der Waals surface area contributed by atoms with Crippen LogP contribution in [0.4, 0.5) is 4.39 Å². The number of hydrogen-bond donors (Lipinski definition) is 2. The monoisotopic (exact) mass is 343 g/mol. The minimum absolute atomic E-state index is 0.0642. The molecule has 25 heavy (non-hydrogen) atoms. The van der Waals surface area contributed by atoms with Gasteiger partial charge in [-0.2, -0.15) is 5.10 Å². The van der Waals surface area contributed by atoms with Gasteiger partial charge in [0.05, 0.1) is 24.3 Å². The molecule has 6 heteroatoms. The minimum Gasteiger partial charge on any atom is -0.391 e. The van der Waals surface area contributed by atoms with Gasteiger partial charge in [-0.25, -0.2) is 4.39 Å². The molecule has 5 nitrogen and oxygen atoms in total. The van der Waals surface area contributed by atoms with Crippen molar-refractivity contribution in [3.8, 4) is 0 Å². The van der Waals surface area contributed by atoms with Crippen LogP contribution in [-0.2, 0) is 24.1 Å². The molecular weight excluding hydrogens is 321 g/mol. The van der Waals surface area contributed by atoms with Gasteiger partial charge < -0.3 is 10.0 Å². The van der Waals surface area contributed by atoms with Crippen molar-refractivity contribution in [3.05, 3.63) is 52.6 Å². The molecule has 2 N–H and O–H groups in total. The molecule has 1 aliphatic carbocycles. The van der Waals surface area contributed by atoms with Gasteiger partial charge in [-0.3, -0.25) is 9.89 Å². The Labute approximate surface area is 145 Å². The lowest BCUT2D eigenvalue weighted by molar-refractivity contribution is -0.131. The fraction of sp³-hybridized carbons (Fsp3) is 0.474. The van der Waals surface area contributed by atoms with Crippen molar-refractivity contribution < 1.29 is 14.3 Å². The van der Waals surface area contributed by atoms with Gasteiger partial charge in [-0.05, 0) is 55.4 Å². The van der Waals surface area contributed by atoms with E-state index in [1.165, 1.54) is 17.7 Å². The maximum Gasteiger partial charge on any atom is 0.229 e. The summed E-state index contributed by atoms with van der Waals surface area (Å²) < 4.78 is 13.6. The Morgan fingerprint density at radius 1 is 1.36 bits per heavy atom. The molecule has 132 valence electrons. The number of nitrogens with one attached hydrogen (secondary N) is 1. The first kappa shape index (κ1) is 16.3. The van der Waals surface area contributed by atoms with Crippen LogP contribution in [0.5, 0.6) is 0 Å². The lowest BCUT2D eigenvalue weighted by atomic mass is 9.95. The Morgan fingerprint density at radius 3 is 3.04 bits per heavy atom. The van der Waals surface area contributed by atoms with Crippen LogP contribution in [0.1, 0.15) is 47.8 Å². The summed E-state index contributed by atoms with van der Waals surface area (Å²) >= 11 is 0. The van der Waals surface area contributed by atoms with Gasteiger partial charge in [0.1, 0.15) is 5.82 Å². The number of H-pyrrole nitrogens is 1. The molecule has 1 aromatic carbocycles. The predicted octanol–water partition coefficient (Wildman–Crippen LogP) is 2.30. The normalized spacial score (nSPS) is 22.9. The summed E-state index contributed by atoms with van der Waals surface area (Å²) in [7, 11) is 0. The van der Waals surface area contributed by atoms with E-state index in [4.69, 9.17) is 0 Å². The van der Waals surface area contributed by atoms with Gasteiger partial charge >= 0.3 is 0 Å². The van der Waals surface area contributed by atoms with Crippen LogP contribution in [-0.4, -0.2) is 38.8 Å². The van der Waals surface area contributed by atoms with Crippen LogP contribution >= 0.6 is 0 Å². The number of aryl methyl sites for hydroxylation is 1. The number of nitrogens with zero attached hydrogens (tertiary/aromatic N) is 2. The summed E-state index contributed by atoms with van der Waals surface area (Å²) in [5.41, 5.74) is 3.88. The number of β-amino-alcohol motifs (C(OH)–C–C–N with tert-alkyl or cyclic N) is 1. The molecule has 1 aliphatic heterocycles. The highest BCUT2D eigenvalue weighted by atomic mass is 19.1. The van der Waals surface area contributed by atoms with E-state index in [1.807, 2.05) is 6.07 Å². The summed E-state index contributed by atoms with van der Waals surface area (Å²) in [6.07, 6.45) is 4.32. The summed E-state index contributed by atoms with van der Waals surface area (Å²) in [6, 6.07) is 5.99. The molecule has 2 heterocycles. The third-order valence-corrected chi connectivity index (χ3v) is 5.29. The fourth-order valence-corrected chi connectivity index (χ4v) is 4.06. The van der Waals surface area contributed by atoms with E-state index in [-0.39, 0.29) is 30.7 Å². The zero-order valence-electron chi connectivity index (χ0n) is 14.0. The molecule has 4 rings (SSSR count). The Hall–Kier alpha value is -2.21. The number of aromatic nitrogens is 2. The minimum atomic E-state index is -0.578. The van der Waals surface area contributed by atoms with E-state index in [0.29, 0.717) is 6.42 Å². The standard InChI is InChI=1S/C19H22FN3O2/c20-13-5-3-4-12(8-13)18-9-14(24)11-23(18)19(25)10-17-15-6-1-2-7-16(15)21-22-17/h3-5,8,14,18,24H,1-2,6-7,9-11H2,(H,21,22)/t14-,18+/m1/s1. The second-order valence-corrected chi connectivity index (χ2v) is 7.02. The second-order valence-electron chi connectivity index (χ2n) is 7.02. The SMILES string of the molecule is O=C(Cc1n[nH]c2c1CCCC2)N1C[C@H](O)C[C@H]1c1cccc(F)c1. The summed E-state index contributed by atoms with van der Waals surface area (Å²) in [6.45, 7) is 0.284. The molecule has 0 bridgehead atoms. The number of aliphatic hydroxyl groups excluding tert-OH is 1. The van der Waals surface area contributed by atoms with Crippen LogP contribution in [0.3, 0.4) is 0 Å². The van der Waals surface area contributed by atoms with Gasteiger partial charge in [-0.15, -0.1) is 0 Å². The zero-order chi connectivity index (χ0) is 17.4. The molecule has 1 amide bonds. The highest BCUT2D eigenvalue weighted by Crippen LogP contribution is 2.33. The van der Waals surface area contributed by atoms with Gasteiger partial charge in [0.15, 0.2) is 0 Å². The van der Waals surface area contributed by atoms with Gasteiger partial charge in [0.2, 0.25) is 5.91 Å². The molecule has 1 aromatic heterocycles. The zero-order valence-corrected chi connectivity index (χ0v) is 14.0. The van der Waals surface area contributed by atoms with Crippen molar-refractivity contribution >= 4 is 5.91 Å². The quantitative estimate of drug-likeness (QED) is 0.898. The number of rotatable bonds is 3. The molecule has 1 fully saturated rings. The number of benzene rings is 1. The van der Waals surface area contributed by atoms with Crippen molar-refractivity contribution in [2.24, 2.45) is 0 Å². The van der Waals surface area contributed by atoms with Gasteiger partial charge in [0, 0.05) is 12.2 Å². The molecule has 1 saturated heterocycles. The van der Waals surface area contributed by atoms with E-state index in [2.05, 4.69) is 10.2 Å². The van der Waals surface area contributed by atoms with Crippen LogP contribution in [0.2, 0.25) is 0 Å². The van der Waals surface area contributed by atoms with E-state index < -0.39 is 6.10 Å². The molecule has 0 spiro atoms. The number of carbonyl (C=O) groups is 1. The highest BCUT2D eigenvalue weighted by molar-refractivity contribution is 5.79. The highest BCUT2D eigenvalue weighted by Gasteiger charge is 2.36. The van der Waals surface area contributed by atoms with Crippen LogP contribution in [0.25, 0.3) is 0 Å². The number of aromatic amines is 1. The van der Waals surface area contributed by atoms with Crippen LogP contribution in [0.15, 0.2) is 24.3 Å². The topological polar surface area (TPSA) is 69.2 Å². The van der Waals surface area contributed by atoms with Crippen molar-refractivity contribution in [1.29, 1.82) is 0 Å². The molecule has 2 aliphatic rings. The molecular formula is C19H22FN3O2. The van der Waals surface area contributed by atoms with E-state index >= 15 is 0 Å². The molecule has 0 saturated carbocycles. The van der Waals surface area contributed by atoms with E-state index in [0.717, 1.165) is 42.6 Å². The largest absolute Gasteiger partial charge is 0.391 e. The Kier molecular flexibility index (Phi) is 4.29. The molecule has 2 aromatic rings. The first-order valence-corrected chi connectivity index (χ1v) is 8.90. The number of hydrogen-bond acceptors (Lipinski definition) is 3. The van der Waals surface area contributed by atoms with E-state index in [1.54, 1.807) is 11.0 Å². The molecule has 2 atom stereocenters. The number of halogens is 1. The molecule has 0 radical (unpaired) electrons. The average molecular weight is 343 g/mol. The summed E-state index contributed by atoms with van der Waals surface area (Å²) in [5.74, 6) is -0.390. The van der Waals surface area contributed by atoms with Crippen molar-refractivity contribution in [1.82, 2.24) is 15.1 Å². The second kappa shape index (κ2) is 6.59. The number of likely N-dealkylation sites (tertiary alicyclic amines) is 1. The Bertz CT molecular complexity index is 789. The van der Waals surface area contributed by atoms with Crippen molar-refractivity contribution in [2.45, 2.75) is 50.7 Å². The molecule has 0 unspecified atom stereocenters. The van der Waals surface area contributed by atoms with Crippen LogP contribution < -0.4 is 0 Å². The van der Waals surface area contributed by atoms with E-state index in [9.17, 15) is 14.3 Å². The van der Waals surface area contributed by atoms with Crippen molar-refractivity contribution in [2.75, 3.05) is 6.54 Å². The maximum atomic E-state index is 13.6. The average Bonchev–Trinajstić information content (AvgIpc) is 3.19. The first-order chi connectivity index (χ1) is 12.1. The summed E-state index contributed by atoms with van der Waals surface area (Å²) in [4.78, 5) is 14.5. The third-order valence-electron chi connectivity index (χ3n) is 5.29. The van der Waals surface area contributed by atoms with Gasteiger partial charge in [0.25, 0.3) is 0 Å². The number of amides is 1. The first-order valence-electron chi connectivity index (χ1n) is 8.90.